The van der Waals surface area contributed by atoms with E-state index < -0.39 is 17.1 Å². The molecule has 0 aliphatic rings. The highest BCUT2D eigenvalue weighted by Crippen LogP contribution is 2.38. The first-order valence-corrected chi connectivity index (χ1v) is 13.3. The van der Waals surface area contributed by atoms with Crippen molar-refractivity contribution in [3.05, 3.63) is 28.6 Å². The Bertz CT molecular complexity index is 1210. The maximum atomic E-state index is 13.9. The summed E-state index contributed by atoms with van der Waals surface area (Å²) in [5, 5.41) is 0.957. The number of anilines is 1. The Morgan fingerprint density at radius 3 is 2.11 bits per heavy atom. The Kier molecular flexibility index (Phi) is 9.67. The molecular formula is C30H46N2O6. The Morgan fingerprint density at radius 2 is 1.58 bits per heavy atom. The molecule has 0 saturated heterocycles. The highest BCUT2D eigenvalue weighted by molar-refractivity contribution is 5.97. The van der Waals surface area contributed by atoms with Gasteiger partial charge in [-0.05, 0) is 50.8 Å². The van der Waals surface area contributed by atoms with Crippen LogP contribution in [0.25, 0.3) is 10.8 Å². The van der Waals surface area contributed by atoms with E-state index in [1.165, 1.54) is 4.90 Å². The molecule has 0 saturated carbocycles. The van der Waals surface area contributed by atoms with E-state index in [1.807, 2.05) is 41.5 Å². The molecule has 2 aromatic rings. The minimum absolute atomic E-state index is 0.0389. The average Bonchev–Trinajstić information content (AvgIpc) is 2.77. The van der Waals surface area contributed by atoms with Crippen LogP contribution in [-0.4, -0.2) is 42.3 Å². The molecule has 8 heteroatoms. The number of carbonyl (C=O) groups excluding carboxylic acids is 2. The van der Waals surface area contributed by atoms with Crippen LogP contribution in [0.4, 0.5) is 10.6 Å². The van der Waals surface area contributed by atoms with Gasteiger partial charge < -0.3 is 14.2 Å². The minimum atomic E-state index is -0.721. The van der Waals surface area contributed by atoms with Gasteiger partial charge in [0.05, 0.1) is 12.0 Å². The van der Waals surface area contributed by atoms with Crippen LogP contribution in [0, 0.1) is 10.8 Å². The van der Waals surface area contributed by atoms with Crippen molar-refractivity contribution in [2.75, 3.05) is 25.2 Å². The van der Waals surface area contributed by atoms with Crippen LogP contribution in [-0.2, 0) is 16.1 Å². The number of ether oxygens (including phenoxy) is 3. The molecule has 0 radical (unpaired) electrons. The first-order chi connectivity index (χ1) is 17.4. The summed E-state index contributed by atoms with van der Waals surface area (Å²) in [6, 6.07) is 5.09. The summed E-state index contributed by atoms with van der Waals surface area (Å²) in [6.45, 7) is 19.7. The van der Waals surface area contributed by atoms with Gasteiger partial charge >= 0.3 is 6.09 Å². The number of amides is 1. The third kappa shape index (κ3) is 8.23. The summed E-state index contributed by atoms with van der Waals surface area (Å²) in [6.07, 6.45) is 1.12. The topological polar surface area (TPSA) is 87.1 Å². The molecule has 0 aliphatic carbocycles. The number of hydrogen-bond acceptors (Lipinski definition) is 6. The lowest BCUT2D eigenvalue weighted by atomic mass is 9.91. The highest BCUT2D eigenvalue weighted by Gasteiger charge is 2.30. The van der Waals surface area contributed by atoms with E-state index in [-0.39, 0.29) is 23.4 Å². The summed E-state index contributed by atoms with van der Waals surface area (Å²) >= 11 is 0. The highest BCUT2D eigenvalue weighted by atomic mass is 16.6. The molecule has 0 unspecified atom stereocenters. The molecule has 0 atom stereocenters. The molecule has 0 bridgehead atoms. The first kappa shape index (κ1) is 31.2. The van der Waals surface area contributed by atoms with Gasteiger partial charge in [-0.2, -0.15) is 0 Å². The van der Waals surface area contributed by atoms with E-state index in [1.54, 1.807) is 50.6 Å². The van der Waals surface area contributed by atoms with Gasteiger partial charge in [-0.15, -0.1) is 0 Å². The third-order valence-electron chi connectivity index (χ3n) is 5.74. The molecule has 0 fully saturated rings. The number of Topliss-reactive ketones (excluding diaryl/α,β-unsaturated/α-hetero) is 1. The second kappa shape index (κ2) is 11.8. The van der Waals surface area contributed by atoms with E-state index in [2.05, 4.69) is 6.92 Å². The molecule has 212 valence electrons. The largest absolute Gasteiger partial charge is 0.489 e. The number of ketones is 1. The molecule has 38 heavy (non-hydrogen) atoms. The van der Waals surface area contributed by atoms with Gasteiger partial charge in [-0.3, -0.25) is 19.1 Å². The molecule has 2 rings (SSSR count). The lowest BCUT2D eigenvalue weighted by molar-refractivity contribution is -0.128. The number of hydrogen-bond donors (Lipinski definition) is 0. The van der Waals surface area contributed by atoms with Crippen LogP contribution in [0.2, 0.25) is 0 Å². The number of aromatic nitrogens is 1. The smallest absolute Gasteiger partial charge is 0.415 e. The van der Waals surface area contributed by atoms with Crippen molar-refractivity contribution in [1.29, 1.82) is 0 Å². The van der Waals surface area contributed by atoms with Gasteiger partial charge in [0.25, 0.3) is 5.56 Å². The second-order valence-corrected chi connectivity index (χ2v) is 13.0. The molecule has 0 aliphatic heterocycles. The van der Waals surface area contributed by atoms with E-state index >= 15 is 0 Å². The molecule has 0 N–H and O–H groups in total. The molecular weight excluding hydrogens is 484 g/mol. The second-order valence-electron chi connectivity index (χ2n) is 13.0. The SMILES string of the molecule is CCCCOc1c(N(C)C(=O)OC(C)(C)C)n(CC(C)(C)C)c(=O)c2ccc(OCC(=O)C(C)(C)C)cc12. The molecule has 8 nitrogen and oxygen atoms in total. The van der Waals surface area contributed by atoms with Crippen molar-refractivity contribution < 1.29 is 23.8 Å². The Labute approximate surface area is 227 Å². The van der Waals surface area contributed by atoms with Crippen molar-refractivity contribution in [1.82, 2.24) is 4.57 Å². The quantitative estimate of drug-likeness (QED) is 0.340. The van der Waals surface area contributed by atoms with Crippen molar-refractivity contribution in [2.45, 2.75) is 94.2 Å². The van der Waals surface area contributed by atoms with Crippen LogP contribution < -0.4 is 19.9 Å². The van der Waals surface area contributed by atoms with Gasteiger partial charge in [-0.25, -0.2) is 4.79 Å². The lowest BCUT2D eigenvalue weighted by Crippen LogP contribution is -2.39. The van der Waals surface area contributed by atoms with Crippen LogP contribution >= 0.6 is 0 Å². The number of unbranched alkanes of at least 4 members (excludes halogenated alkanes) is 1. The number of benzene rings is 1. The maximum absolute atomic E-state index is 13.9. The maximum Gasteiger partial charge on any atom is 0.415 e. The number of carbonyl (C=O) groups is 2. The number of pyridine rings is 1. The first-order valence-electron chi connectivity index (χ1n) is 13.3. The molecule has 1 amide bonds. The van der Waals surface area contributed by atoms with E-state index in [9.17, 15) is 14.4 Å². The number of nitrogens with zero attached hydrogens (tertiary/aromatic N) is 2. The zero-order chi connectivity index (χ0) is 29.1. The summed E-state index contributed by atoms with van der Waals surface area (Å²) < 4.78 is 19.4. The zero-order valence-electron chi connectivity index (χ0n) is 25.1. The number of rotatable bonds is 9. The fourth-order valence-corrected chi connectivity index (χ4v) is 3.67. The van der Waals surface area contributed by atoms with Gasteiger partial charge in [-0.1, -0.05) is 54.9 Å². The normalized spacial score (nSPS) is 12.4. The Balaban J connectivity index is 2.81. The molecule has 1 aromatic carbocycles. The minimum Gasteiger partial charge on any atom is -0.489 e. The fourth-order valence-electron chi connectivity index (χ4n) is 3.67. The standard InChI is InChI=1S/C30H46N2O6/c1-12-13-16-36-24-22-17-20(37-18-23(33)29(5,6)7)14-15-21(22)26(34)32(19-28(2,3)4)25(24)31(11)27(35)38-30(8,9)10/h14-15,17H,12-13,16,18-19H2,1-11H3. The van der Waals surface area contributed by atoms with Gasteiger partial charge in [0.2, 0.25) is 0 Å². The van der Waals surface area contributed by atoms with Crippen molar-refractivity contribution >= 4 is 28.5 Å². The summed E-state index contributed by atoms with van der Waals surface area (Å²) in [5.41, 5.74) is -1.77. The molecule has 1 heterocycles. The van der Waals surface area contributed by atoms with Gasteiger partial charge in [0.1, 0.15) is 18.0 Å². The van der Waals surface area contributed by atoms with E-state index in [0.717, 1.165) is 12.8 Å². The van der Waals surface area contributed by atoms with Crippen LogP contribution in [0.5, 0.6) is 11.5 Å². The summed E-state index contributed by atoms with van der Waals surface area (Å²) in [4.78, 5) is 40.9. The van der Waals surface area contributed by atoms with Crippen molar-refractivity contribution in [3.8, 4) is 11.5 Å². The monoisotopic (exact) mass is 530 g/mol. The Morgan fingerprint density at radius 1 is 0.947 bits per heavy atom. The van der Waals surface area contributed by atoms with E-state index in [4.69, 9.17) is 14.2 Å². The number of fused-ring (bicyclic) bond motifs is 1. The Hall–Kier alpha value is -3.03. The summed E-state index contributed by atoms with van der Waals surface area (Å²) in [5.74, 6) is 1.13. The van der Waals surface area contributed by atoms with Crippen LogP contribution in [0.3, 0.4) is 0 Å². The predicted octanol–water partition coefficient (Wildman–Crippen LogP) is 6.59. The van der Waals surface area contributed by atoms with Gasteiger partial charge in [0, 0.05) is 24.4 Å². The predicted molar refractivity (Wildman–Crippen MR) is 153 cm³/mol. The fraction of sp³-hybridized carbons (Fsp3) is 0.633. The van der Waals surface area contributed by atoms with Crippen molar-refractivity contribution in [3.63, 3.8) is 0 Å². The molecule has 1 aromatic heterocycles. The third-order valence-corrected chi connectivity index (χ3v) is 5.74. The van der Waals surface area contributed by atoms with Gasteiger partial charge in [0.15, 0.2) is 17.4 Å². The van der Waals surface area contributed by atoms with E-state index in [0.29, 0.717) is 41.2 Å². The lowest BCUT2D eigenvalue weighted by Gasteiger charge is -2.30. The molecule has 0 spiro atoms. The summed E-state index contributed by atoms with van der Waals surface area (Å²) in [7, 11) is 1.59. The van der Waals surface area contributed by atoms with Crippen LogP contribution in [0.15, 0.2) is 23.0 Å². The van der Waals surface area contributed by atoms with Crippen molar-refractivity contribution in [2.24, 2.45) is 10.8 Å². The average molecular weight is 531 g/mol. The zero-order valence-corrected chi connectivity index (χ0v) is 25.1. The van der Waals surface area contributed by atoms with Crippen LogP contribution in [0.1, 0.15) is 82.1 Å².